The summed E-state index contributed by atoms with van der Waals surface area (Å²) in [4.78, 5) is 0. The summed E-state index contributed by atoms with van der Waals surface area (Å²) in [5, 5.41) is 0. The van der Waals surface area contributed by atoms with Crippen molar-refractivity contribution in [1.82, 2.24) is 0 Å². The van der Waals surface area contributed by atoms with Gasteiger partial charge < -0.3 is 8.85 Å². The summed E-state index contributed by atoms with van der Waals surface area (Å²) in [6.45, 7) is 10.2. The summed E-state index contributed by atoms with van der Waals surface area (Å²) in [7, 11) is -1.81. The van der Waals surface area contributed by atoms with Gasteiger partial charge in [-0.2, -0.15) is 0 Å². The van der Waals surface area contributed by atoms with Gasteiger partial charge in [0.15, 0.2) is 17.4 Å². The van der Waals surface area contributed by atoms with Gasteiger partial charge in [0.2, 0.25) is 0 Å². The SMILES string of the molecule is C[Si](C)O[Si](C)(C)CCCCC1CO1. The average Bonchev–Trinajstić information content (AvgIpc) is 2.78. The van der Waals surface area contributed by atoms with Gasteiger partial charge in [-0.05, 0) is 38.7 Å². The largest absolute Gasteiger partial charge is 0.456 e. The molecule has 14 heavy (non-hydrogen) atoms. The third kappa shape index (κ3) is 5.95. The molecule has 83 valence electrons. The molecule has 1 saturated heterocycles. The van der Waals surface area contributed by atoms with Gasteiger partial charge in [-0.25, -0.2) is 0 Å². The Bertz CT molecular complexity index is 168. The molecule has 0 aliphatic carbocycles. The second-order valence-corrected chi connectivity index (χ2v) is 11.6. The predicted octanol–water partition coefficient (Wildman–Crippen LogP) is 3.03. The average molecular weight is 231 g/mol. The van der Waals surface area contributed by atoms with E-state index in [1.807, 2.05) is 0 Å². The van der Waals surface area contributed by atoms with Crippen LogP contribution in [0, 0.1) is 0 Å². The highest BCUT2D eigenvalue weighted by Crippen LogP contribution is 2.21. The second kappa shape index (κ2) is 5.44. The lowest BCUT2D eigenvalue weighted by Gasteiger charge is -2.25. The van der Waals surface area contributed by atoms with E-state index in [0.717, 1.165) is 6.61 Å². The summed E-state index contributed by atoms with van der Waals surface area (Å²) in [5.74, 6) is 0. The first-order chi connectivity index (χ1) is 6.49. The maximum Gasteiger partial charge on any atom is 0.191 e. The molecule has 0 aromatic rings. The zero-order valence-electron chi connectivity index (χ0n) is 9.93. The van der Waals surface area contributed by atoms with Gasteiger partial charge in [0.1, 0.15) is 0 Å². The van der Waals surface area contributed by atoms with Crippen LogP contribution in [0.3, 0.4) is 0 Å². The zero-order chi connectivity index (χ0) is 10.6. The summed E-state index contributed by atoms with van der Waals surface area (Å²) < 4.78 is 11.3. The third-order valence-corrected chi connectivity index (χ3v) is 7.84. The van der Waals surface area contributed by atoms with Gasteiger partial charge in [-0.3, -0.25) is 0 Å². The van der Waals surface area contributed by atoms with Gasteiger partial charge in [-0.15, -0.1) is 0 Å². The molecule has 1 fully saturated rings. The molecule has 1 heterocycles. The molecule has 1 atom stereocenters. The Morgan fingerprint density at radius 1 is 1.36 bits per heavy atom. The topological polar surface area (TPSA) is 21.8 Å². The molecule has 0 saturated carbocycles. The maximum absolute atomic E-state index is 6.07. The number of hydrogen-bond donors (Lipinski definition) is 0. The summed E-state index contributed by atoms with van der Waals surface area (Å²) in [6.07, 6.45) is 4.52. The van der Waals surface area contributed by atoms with E-state index >= 15 is 0 Å². The Kier molecular flexibility index (Phi) is 4.83. The lowest BCUT2D eigenvalue weighted by Crippen LogP contribution is -2.34. The number of rotatable bonds is 7. The van der Waals surface area contributed by atoms with Crippen LogP contribution in [0.25, 0.3) is 0 Å². The molecule has 0 spiro atoms. The minimum absolute atomic E-state index is 0.495. The Morgan fingerprint density at radius 2 is 2.00 bits per heavy atom. The molecule has 1 aliphatic heterocycles. The first-order valence-electron chi connectivity index (χ1n) is 5.60. The number of unbranched alkanes of at least 4 members (excludes halogenated alkanes) is 1. The van der Waals surface area contributed by atoms with Gasteiger partial charge in [0, 0.05) is 0 Å². The van der Waals surface area contributed by atoms with Crippen LogP contribution in [0.15, 0.2) is 0 Å². The summed E-state index contributed by atoms with van der Waals surface area (Å²) in [6, 6.07) is 1.32. The van der Waals surface area contributed by atoms with Crippen molar-refractivity contribution in [1.29, 1.82) is 0 Å². The minimum Gasteiger partial charge on any atom is -0.456 e. The molecule has 0 N–H and O–H groups in total. The highest BCUT2D eigenvalue weighted by molar-refractivity contribution is 6.77. The van der Waals surface area contributed by atoms with E-state index in [2.05, 4.69) is 26.2 Å². The molecule has 1 rings (SSSR count). The van der Waals surface area contributed by atoms with Crippen molar-refractivity contribution in [3.8, 4) is 0 Å². The normalized spacial score (nSPS) is 21.6. The molecule has 0 bridgehead atoms. The van der Waals surface area contributed by atoms with Crippen LogP contribution in [0.2, 0.25) is 32.2 Å². The summed E-state index contributed by atoms with van der Waals surface area (Å²) >= 11 is 0. The number of ether oxygens (including phenoxy) is 1. The standard InChI is InChI=1S/C10H23O2Si2/c1-13(2)12-14(3,4)8-6-5-7-10-9-11-10/h10H,5-9H2,1-4H3. The molecule has 2 nitrogen and oxygen atoms in total. The van der Waals surface area contributed by atoms with Crippen molar-refractivity contribution < 1.29 is 8.85 Å². The molecule has 1 aliphatic rings. The Hall–Kier alpha value is 0.354. The van der Waals surface area contributed by atoms with E-state index in [1.54, 1.807) is 0 Å². The van der Waals surface area contributed by atoms with E-state index in [-0.39, 0.29) is 0 Å². The lowest BCUT2D eigenvalue weighted by atomic mass is 10.2. The van der Waals surface area contributed by atoms with E-state index in [9.17, 15) is 0 Å². The Balaban J connectivity index is 2.01. The predicted molar refractivity (Wildman–Crippen MR) is 64.4 cm³/mol. The maximum atomic E-state index is 6.07. The number of epoxide rings is 1. The van der Waals surface area contributed by atoms with Crippen molar-refractivity contribution in [2.75, 3.05) is 6.61 Å². The van der Waals surface area contributed by atoms with Gasteiger partial charge in [0.25, 0.3) is 0 Å². The van der Waals surface area contributed by atoms with Crippen LogP contribution in [0.4, 0.5) is 0 Å². The van der Waals surface area contributed by atoms with E-state index < -0.39 is 17.4 Å². The first-order valence-corrected chi connectivity index (χ1v) is 11.1. The van der Waals surface area contributed by atoms with Crippen molar-refractivity contribution in [2.24, 2.45) is 0 Å². The third-order valence-electron chi connectivity index (χ3n) is 2.44. The molecule has 0 aromatic heterocycles. The molecule has 4 heteroatoms. The smallest absolute Gasteiger partial charge is 0.191 e. The molecule has 1 radical (unpaired) electrons. The lowest BCUT2D eigenvalue weighted by molar-refractivity contribution is 0.390. The molecular weight excluding hydrogens is 208 g/mol. The fourth-order valence-corrected chi connectivity index (χ4v) is 7.69. The van der Waals surface area contributed by atoms with Crippen molar-refractivity contribution in [3.63, 3.8) is 0 Å². The van der Waals surface area contributed by atoms with Crippen LogP contribution < -0.4 is 0 Å². The van der Waals surface area contributed by atoms with Crippen LogP contribution >= 0.6 is 0 Å². The van der Waals surface area contributed by atoms with Gasteiger partial charge in [-0.1, -0.05) is 12.8 Å². The van der Waals surface area contributed by atoms with Crippen LogP contribution in [0.5, 0.6) is 0 Å². The minimum atomic E-state index is -1.31. The first kappa shape index (κ1) is 12.4. The van der Waals surface area contributed by atoms with Gasteiger partial charge in [0.05, 0.1) is 12.7 Å². The van der Waals surface area contributed by atoms with Crippen molar-refractivity contribution in [3.05, 3.63) is 0 Å². The molecule has 0 amide bonds. The highest BCUT2D eigenvalue weighted by Gasteiger charge is 2.25. The van der Waals surface area contributed by atoms with Crippen molar-refractivity contribution >= 4 is 17.4 Å². The van der Waals surface area contributed by atoms with Gasteiger partial charge >= 0.3 is 0 Å². The molecule has 1 unspecified atom stereocenters. The van der Waals surface area contributed by atoms with Crippen LogP contribution in [-0.2, 0) is 8.85 Å². The highest BCUT2D eigenvalue weighted by atomic mass is 28.4. The van der Waals surface area contributed by atoms with E-state index in [4.69, 9.17) is 8.85 Å². The monoisotopic (exact) mass is 231 g/mol. The van der Waals surface area contributed by atoms with Crippen LogP contribution in [-0.4, -0.2) is 30.1 Å². The van der Waals surface area contributed by atoms with E-state index in [0.29, 0.717) is 6.10 Å². The number of hydrogen-bond acceptors (Lipinski definition) is 2. The summed E-state index contributed by atoms with van der Waals surface area (Å²) in [5.41, 5.74) is 0. The fraction of sp³-hybridized carbons (Fsp3) is 1.00. The Labute approximate surface area is 90.9 Å². The van der Waals surface area contributed by atoms with E-state index in [1.165, 1.54) is 25.3 Å². The quantitative estimate of drug-likeness (QED) is 0.382. The second-order valence-electron chi connectivity index (χ2n) is 4.97. The fourth-order valence-electron chi connectivity index (χ4n) is 1.76. The van der Waals surface area contributed by atoms with Crippen molar-refractivity contribution in [2.45, 2.75) is 57.6 Å². The Morgan fingerprint density at radius 3 is 2.50 bits per heavy atom. The molecular formula is C10H23O2Si2. The zero-order valence-corrected chi connectivity index (χ0v) is 11.9. The molecule has 0 aromatic carbocycles. The van der Waals surface area contributed by atoms with Crippen LogP contribution in [0.1, 0.15) is 19.3 Å².